The normalized spacial score (nSPS) is 13.4. The molecule has 36 heavy (non-hydrogen) atoms. The monoisotopic (exact) mass is 517 g/mol. The van der Waals surface area contributed by atoms with Gasteiger partial charge < -0.3 is 14.4 Å². The largest absolute Gasteiger partial charge is 0.496 e. The van der Waals surface area contributed by atoms with E-state index >= 15 is 0 Å². The second-order valence-corrected chi connectivity index (χ2v) is 9.58. The number of esters is 1. The topological polar surface area (TPSA) is 99.8 Å². The quantitative estimate of drug-likeness (QED) is 0.426. The molecule has 2 aromatic heterocycles. The number of thiophene rings is 1. The van der Waals surface area contributed by atoms with E-state index in [-0.39, 0.29) is 42.3 Å². The van der Waals surface area contributed by atoms with Crippen LogP contribution in [0.1, 0.15) is 40.6 Å². The van der Waals surface area contributed by atoms with E-state index in [4.69, 9.17) is 9.47 Å². The van der Waals surface area contributed by atoms with Gasteiger partial charge in [0.05, 0.1) is 19.1 Å². The molecule has 4 rings (SSSR count). The van der Waals surface area contributed by atoms with Crippen LogP contribution in [0.3, 0.4) is 0 Å². The minimum atomic E-state index is -0.660. The SMILES string of the molecule is CCOC(=O)c1sc2c(c1C)c(=O)n(CC(=O)N1CCCC1)c(=O)n2CCc1cc(F)ccc1OC. The predicted octanol–water partition coefficient (Wildman–Crippen LogP) is 2.72. The van der Waals surface area contributed by atoms with E-state index in [0.29, 0.717) is 34.8 Å². The van der Waals surface area contributed by atoms with Crippen LogP contribution in [0, 0.1) is 12.7 Å². The van der Waals surface area contributed by atoms with Gasteiger partial charge in [-0.1, -0.05) is 0 Å². The van der Waals surface area contributed by atoms with Crippen molar-refractivity contribution in [3.63, 3.8) is 0 Å². The van der Waals surface area contributed by atoms with Crippen molar-refractivity contribution in [2.24, 2.45) is 0 Å². The van der Waals surface area contributed by atoms with E-state index < -0.39 is 23.0 Å². The number of likely N-dealkylation sites (tertiary alicyclic amines) is 1. The predicted molar refractivity (Wildman–Crippen MR) is 134 cm³/mol. The van der Waals surface area contributed by atoms with Gasteiger partial charge in [0.15, 0.2) is 0 Å². The van der Waals surface area contributed by atoms with E-state index in [0.717, 1.165) is 28.7 Å². The highest BCUT2D eigenvalue weighted by molar-refractivity contribution is 7.20. The van der Waals surface area contributed by atoms with E-state index in [1.54, 1.807) is 18.7 Å². The van der Waals surface area contributed by atoms with E-state index in [2.05, 4.69) is 0 Å². The van der Waals surface area contributed by atoms with Crippen LogP contribution >= 0.6 is 11.3 Å². The Labute approximate surface area is 210 Å². The first kappa shape index (κ1) is 25.6. The third-order valence-electron chi connectivity index (χ3n) is 6.35. The van der Waals surface area contributed by atoms with Crippen LogP contribution in [-0.2, 0) is 29.0 Å². The Bertz CT molecular complexity index is 1430. The Morgan fingerprint density at radius 1 is 1.14 bits per heavy atom. The van der Waals surface area contributed by atoms with Crippen molar-refractivity contribution in [3.8, 4) is 5.75 Å². The third-order valence-corrected chi connectivity index (χ3v) is 7.65. The highest BCUT2D eigenvalue weighted by Crippen LogP contribution is 2.29. The second-order valence-electron chi connectivity index (χ2n) is 8.58. The van der Waals surface area contributed by atoms with Gasteiger partial charge in [0.1, 0.15) is 27.8 Å². The lowest BCUT2D eigenvalue weighted by Gasteiger charge is -2.17. The van der Waals surface area contributed by atoms with Crippen molar-refractivity contribution in [2.45, 2.75) is 46.2 Å². The minimum absolute atomic E-state index is 0.0789. The molecule has 0 saturated carbocycles. The molecule has 3 aromatic rings. The molecule has 1 aliphatic rings. The summed E-state index contributed by atoms with van der Waals surface area (Å²) in [6, 6.07) is 4.12. The maximum Gasteiger partial charge on any atom is 0.348 e. The number of methoxy groups -OCH3 is 1. The number of nitrogens with zero attached hydrogens (tertiary/aromatic N) is 3. The van der Waals surface area contributed by atoms with E-state index in [1.165, 1.54) is 29.9 Å². The molecule has 0 aliphatic carbocycles. The lowest BCUT2D eigenvalue weighted by Crippen LogP contribution is -2.44. The van der Waals surface area contributed by atoms with Crippen molar-refractivity contribution < 1.29 is 23.5 Å². The van der Waals surface area contributed by atoms with Crippen LogP contribution in [0.5, 0.6) is 5.75 Å². The average molecular weight is 518 g/mol. The Kier molecular flexibility index (Phi) is 7.58. The van der Waals surface area contributed by atoms with Crippen LogP contribution in [0.4, 0.5) is 4.39 Å². The molecule has 1 aliphatic heterocycles. The maximum atomic E-state index is 13.9. The van der Waals surface area contributed by atoms with Gasteiger partial charge >= 0.3 is 11.7 Å². The number of hydrogen-bond donors (Lipinski definition) is 0. The molecule has 11 heteroatoms. The molecule has 0 atom stereocenters. The minimum Gasteiger partial charge on any atom is -0.496 e. The first-order chi connectivity index (χ1) is 17.3. The number of benzene rings is 1. The smallest absolute Gasteiger partial charge is 0.348 e. The molecule has 1 aromatic carbocycles. The highest BCUT2D eigenvalue weighted by atomic mass is 32.1. The van der Waals surface area contributed by atoms with Gasteiger partial charge in [-0.2, -0.15) is 0 Å². The molecule has 0 N–H and O–H groups in total. The van der Waals surface area contributed by atoms with Gasteiger partial charge in [-0.25, -0.2) is 14.0 Å². The summed E-state index contributed by atoms with van der Waals surface area (Å²) >= 11 is 1.00. The van der Waals surface area contributed by atoms with Crippen molar-refractivity contribution >= 4 is 33.4 Å². The summed E-state index contributed by atoms with van der Waals surface area (Å²) in [5, 5.41) is 0.197. The van der Waals surface area contributed by atoms with Gasteiger partial charge in [0.25, 0.3) is 5.56 Å². The Balaban J connectivity index is 1.84. The van der Waals surface area contributed by atoms with E-state index in [9.17, 15) is 23.6 Å². The number of fused-ring (bicyclic) bond motifs is 1. The van der Waals surface area contributed by atoms with Gasteiger partial charge in [-0.05, 0) is 62.4 Å². The number of halogens is 1. The van der Waals surface area contributed by atoms with E-state index in [1.807, 2.05) is 0 Å². The molecule has 0 unspecified atom stereocenters. The Morgan fingerprint density at radius 3 is 2.53 bits per heavy atom. The fourth-order valence-electron chi connectivity index (χ4n) is 4.50. The molecule has 3 heterocycles. The zero-order chi connectivity index (χ0) is 26.0. The first-order valence-corrected chi connectivity index (χ1v) is 12.6. The van der Waals surface area contributed by atoms with Gasteiger partial charge in [0.2, 0.25) is 5.91 Å². The Morgan fingerprint density at radius 2 is 1.86 bits per heavy atom. The Hall–Kier alpha value is -3.47. The number of rotatable bonds is 8. The number of carbonyl (C=O) groups is 2. The summed E-state index contributed by atoms with van der Waals surface area (Å²) in [5.74, 6) is -0.863. The van der Waals surface area contributed by atoms with Crippen molar-refractivity contribution in [2.75, 3.05) is 26.8 Å². The molecule has 0 spiro atoms. The first-order valence-electron chi connectivity index (χ1n) is 11.8. The van der Waals surface area contributed by atoms with Gasteiger partial charge in [-0.3, -0.25) is 18.7 Å². The summed E-state index contributed by atoms with van der Waals surface area (Å²) in [7, 11) is 1.47. The lowest BCUT2D eigenvalue weighted by atomic mass is 10.1. The zero-order valence-corrected chi connectivity index (χ0v) is 21.3. The molecular formula is C25H28FN3O6S. The molecule has 9 nitrogen and oxygen atoms in total. The molecule has 0 bridgehead atoms. The number of hydrogen-bond acceptors (Lipinski definition) is 7. The summed E-state index contributed by atoms with van der Waals surface area (Å²) in [4.78, 5) is 54.6. The van der Waals surface area contributed by atoms with Crippen LogP contribution in [-0.4, -0.2) is 52.7 Å². The number of aromatic nitrogens is 2. The molecule has 1 fully saturated rings. The van der Waals surface area contributed by atoms with Crippen molar-refractivity contribution in [1.82, 2.24) is 14.0 Å². The summed E-state index contributed by atoms with van der Waals surface area (Å²) in [5.41, 5.74) is -0.334. The summed E-state index contributed by atoms with van der Waals surface area (Å²) < 4.78 is 26.7. The van der Waals surface area contributed by atoms with Crippen LogP contribution < -0.4 is 16.0 Å². The number of amides is 1. The molecular weight excluding hydrogens is 489 g/mol. The van der Waals surface area contributed by atoms with Crippen molar-refractivity contribution in [1.29, 1.82) is 0 Å². The average Bonchev–Trinajstić information content (AvgIpc) is 3.50. The maximum absolute atomic E-state index is 13.9. The number of aryl methyl sites for hydroxylation is 3. The molecule has 1 saturated heterocycles. The molecule has 192 valence electrons. The van der Waals surface area contributed by atoms with Gasteiger partial charge in [-0.15, -0.1) is 11.3 Å². The lowest BCUT2D eigenvalue weighted by molar-refractivity contribution is -0.130. The van der Waals surface area contributed by atoms with Crippen LogP contribution in [0.2, 0.25) is 0 Å². The summed E-state index contributed by atoms with van der Waals surface area (Å²) in [6.45, 7) is 4.34. The number of ether oxygens (including phenoxy) is 2. The highest BCUT2D eigenvalue weighted by Gasteiger charge is 2.26. The second kappa shape index (κ2) is 10.7. The fraction of sp³-hybridized carbons (Fsp3) is 0.440. The van der Waals surface area contributed by atoms with Crippen molar-refractivity contribution in [3.05, 3.63) is 60.9 Å². The standard InChI is InChI=1S/C25H28FN3O6S/c1-4-35-24(32)21-15(2)20-22(31)29(14-19(30)27-10-5-6-11-27)25(33)28(23(20)36-21)12-9-16-13-17(26)7-8-18(16)34-3/h7-8,13H,4-6,9-12,14H2,1-3H3. The van der Waals surface area contributed by atoms with Crippen LogP contribution in [0.15, 0.2) is 27.8 Å². The fourth-order valence-corrected chi connectivity index (χ4v) is 5.71. The zero-order valence-electron chi connectivity index (χ0n) is 20.5. The number of carbonyl (C=O) groups excluding carboxylic acids is 2. The molecule has 1 amide bonds. The molecule has 0 radical (unpaired) electrons. The summed E-state index contributed by atoms with van der Waals surface area (Å²) in [6.07, 6.45) is 1.98. The van der Waals surface area contributed by atoms with Gasteiger partial charge in [0, 0.05) is 19.6 Å². The van der Waals surface area contributed by atoms with Crippen LogP contribution in [0.25, 0.3) is 10.2 Å². The third kappa shape index (κ3) is 4.79.